The lowest BCUT2D eigenvalue weighted by Crippen LogP contribution is -2.51. The number of piperazine rings is 1. The summed E-state index contributed by atoms with van der Waals surface area (Å²) < 4.78 is 0. The fraction of sp³-hybridized carbons (Fsp3) is 0.308. The molecular formula is C26H30N4O. The summed E-state index contributed by atoms with van der Waals surface area (Å²) in [6, 6.07) is 25.2. The van der Waals surface area contributed by atoms with Crippen molar-refractivity contribution in [2.24, 2.45) is 0 Å². The van der Waals surface area contributed by atoms with Crippen LogP contribution in [0.2, 0.25) is 0 Å². The topological polar surface area (TPSA) is 48.5 Å². The van der Waals surface area contributed by atoms with Crippen LogP contribution < -0.4 is 5.32 Å². The lowest BCUT2D eigenvalue weighted by atomic mass is 9.88. The fourth-order valence-corrected chi connectivity index (χ4v) is 4.19. The van der Waals surface area contributed by atoms with Crippen LogP contribution in [0.3, 0.4) is 0 Å². The Morgan fingerprint density at radius 2 is 1.42 bits per heavy atom. The smallest absolute Gasteiger partial charge is 0.317 e. The van der Waals surface area contributed by atoms with Gasteiger partial charge in [-0.05, 0) is 35.2 Å². The summed E-state index contributed by atoms with van der Waals surface area (Å²) in [6.45, 7) is 4.88. The Morgan fingerprint density at radius 1 is 0.839 bits per heavy atom. The summed E-state index contributed by atoms with van der Waals surface area (Å²) in [5, 5.41) is 3.15. The van der Waals surface area contributed by atoms with E-state index < -0.39 is 0 Å². The van der Waals surface area contributed by atoms with Crippen LogP contribution >= 0.6 is 0 Å². The first-order chi connectivity index (χ1) is 15.3. The first kappa shape index (κ1) is 21.1. The summed E-state index contributed by atoms with van der Waals surface area (Å²) >= 11 is 0. The molecule has 5 nitrogen and oxygen atoms in total. The summed E-state index contributed by atoms with van der Waals surface area (Å²) in [5.74, 6) is 0.278. The second-order valence-electron chi connectivity index (χ2n) is 8.01. The summed E-state index contributed by atoms with van der Waals surface area (Å²) in [7, 11) is 0. The van der Waals surface area contributed by atoms with Crippen LogP contribution in [-0.4, -0.2) is 53.5 Å². The molecule has 1 aliphatic rings. The standard InChI is InChI=1S/C26H30N4O/c31-26(30-19-17-29(18-20-30)21-22-11-14-27-15-12-22)28-16-13-25(23-7-3-1-4-8-23)24-9-5-2-6-10-24/h1-12,14-15,25H,13,16-21H2,(H,28,31). The van der Waals surface area contributed by atoms with Gasteiger partial charge in [0, 0.05) is 57.6 Å². The Labute approximate surface area is 184 Å². The van der Waals surface area contributed by atoms with Crippen molar-refractivity contribution in [2.45, 2.75) is 18.9 Å². The zero-order valence-electron chi connectivity index (χ0n) is 17.9. The van der Waals surface area contributed by atoms with Crippen LogP contribution in [0.1, 0.15) is 29.0 Å². The normalized spacial score (nSPS) is 14.5. The van der Waals surface area contributed by atoms with E-state index in [1.54, 1.807) is 0 Å². The van der Waals surface area contributed by atoms with Crippen molar-refractivity contribution in [1.82, 2.24) is 20.1 Å². The second kappa shape index (κ2) is 10.7. The Kier molecular flexibility index (Phi) is 7.29. The highest BCUT2D eigenvalue weighted by Gasteiger charge is 2.21. The number of rotatable bonds is 7. The number of amides is 2. The van der Waals surface area contributed by atoms with Gasteiger partial charge in [-0.3, -0.25) is 9.88 Å². The number of carbonyl (C=O) groups is 1. The molecule has 0 saturated carbocycles. The van der Waals surface area contributed by atoms with Crippen molar-refractivity contribution in [3.63, 3.8) is 0 Å². The van der Waals surface area contributed by atoms with Gasteiger partial charge in [0.15, 0.2) is 0 Å². The van der Waals surface area contributed by atoms with Crippen LogP contribution in [0.4, 0.5) is 4.79 Å². The van der Waals surface area contributed by atoms with Gasteiger partial charge in [0.25, 0.3) is 0 Å². The Bertz CT molecular complexity index is 886. The van der Waals surface area contributed by atoms with Gasteiger partial charge in [0.05, 0.1) is 0 Å². The van der Waals surface area contributed by atoms with Crippen LogP contribution in [0.25, 0.3) is 0 Å². The van der Waals surface area contributed by atoms with Gasteiger partial charge in [-0.15, -0.1) is 0 Å². The zero-order chi connectivity index (χ0) is 21.3. The third kappa shape index (κ3) is 5.92. The first-order valence-electron chi connectivity index (χ1n) is 11.0. The minimum absolute atomic E-state index is 0.0448. The highest BCUT2D eigenvalue weighted by Crippen LogP contribution is 2.27. The fourth-order valence-electron chi connectivity index (χ4n) is 4.19. The average Bonchev–Trinajstić information content (AvgIpc) is 2.84. The number of urea groups is 1. The van der Waals surface area contributed by atoms with Gasteiger partial charge in [-0.25, -0.2) is 4.79 Å². The first-order valence-corrected chi connectivity index (χ1v) is 11.0. The maximum atomic E-state index is 12.7. The number of benzene rings is 2. The molecule has 0 atom stereocenters. The molecule has 0 unspecified atom stereocenters. The van der Waals surface area contributed by atoms with Crippen molar-refractivity contribution in [2.75, 3.05) is 32.7 Å². The van der Waals surface area contributed by atoms with E-state index in [9.17, 15) is 4.79 Å². The SMILES string of the molecule is O=C(NCCC(c1ccccc1)c1ccccc1)N1CCN(Cc2ccncc2)CC1. The van der Waals surface area contributed by atoms with Crippen LogP contribution in [0, 0.1) is 0 Å². The van der Waals surface area contributed by atoms with E-state index in [4.69, 9.17) is 0 Å². The summed E-state index contributed by atoms with van der Waals surface area (Å²) in [5.41, 5.74) is 3.83. The quantitative estimate of drug-likeness (QED) is 0.632. The lowest BCUT2D eigenvalue weighted by molar-refractivity contribution is 0.135. The van der Waals surface area contributed by atoms with Gasteiger partial charge in [0.1, 0.15) is 0 Å². The zero-order valence-corrected chi connectivity index (χ0v) is 17.9. The van der Waals surface area contributed by atoms with Gasteiger partial charge < -0.3 is 10.2 Å². The molecular weight excluding hydrogens is 384 g/mol. The molecule has 0 aliphatic carbocycles. The number of nitrogens with one attached hydrogen (secondary N) is 1. The number of nitrogens with zero attached hydrogens (tertiary/aromatic N) is 3. The maximum Gasteiger partial charge on any atom is 0.317 e. The summed E-state index contributed by atoms with van der Waals surface area (Å²) in [4.78, 5) is 21.1. The number of hydrogen-bond acceptors (Lipinski definition) is 3. The molecule has 2 aromatic carbocycles. The molecule has 160 valence electrons. The molecule has 5 heteroatoms. The van der Waals surface area contributed by atoms with E-state index in [1.807, 2.05) is 29.4 Å². The third-order valence-corrected chi connectivity index (χ3v) is 5.93. The van der Waals surface area contributed by atoms with E-state index in [2.05, 4.69) is 75.9 Å². The Hall–Kier alpha value is -3.18. The van der Waals surface area contributed by atoms with Gasteiger partial charge in [-0.1, -0.05) is 60.7 Å². The molecule has 1 aliphatic heterocycles. The summed E-state index contributed by atoms with van der Waals surface area (Å²) in [6.07, 6.45) is 4.54. The van der Waals surface area contributed by atoms with Crippen molar-refractivity contribution in [3.8, 4) is 0 Å². The molecule has 0 radical (unpaired) electrons. The maximum absolute atomic E-state index is 12.7. The average molecular weight is 415 g/mol. The number of aromatic nitrogens is 1. The molecule has 4 rings (SSSR count). The molecule has 3 aromatic rings. The van der Waals surface area contributed by atoms with E-state index in [1.165, 1.54) is 16.7 Å². The van der Waals surface area contributed by atoms with E-state index in [0.717, 1.165) is 39.1 Å². The molecule has 1 N–H and O–H groups in total. The van der Waals surface area contributed by atoms with Crippen molar-refractivity contribution in [1.29, 1.82) is 0 Å². The highest BCUT2D eigenvalue weighted by molar-refractivity contribution is 5.74. The molecule has 0 spiro atoms. The minimum atomic E-state index is 0.0448. The van der Waals surface area contributed by atoms with E-state index >= 15 is 0 Å². The highest BCUT2D eigenvalue weighted by atomic mass is 16.2. The largest absolute Gasteiger partial charge is 0.338 e. The predicted molar refractivity (Wildman–Crippen MR) is 124 cm³/mol. The minimum Gasteiger partial charge on any atom is -0.338 e. The lowest BCUT2D eigenvalue weighted by Gasteiger charge is -2.34. The number of pyridine rings is 1. The molecule has 1 saturated heterocycles. The second-order valence-corrected chi connectivity index (χ2v) is 8.01. The van der Waals surface area contributed by atoms with Crippen molar-refractivity contribution in [3.05, 3.63) is 102 Å². The van der Waals surface area contributed by atoms with Gasteiger partial charge in [0.2, 0.25) is 0 Å². The monoisotopic (exact) mass is 414 g/mol. The Morgan fingerprint density at radius 3 is 2.00 bits per heavy atom. The van der Waals surface area contributed by atoms with Crippen molar-refractivity contribution >= 4 is 6.03 Å². The molecule has 31 heavy (non-hydrogen) atoms. The molecule has 1 fully saturated rings. The third-order valence-electron chi connectivity index (χ3n) is 5.93. The van der Waals surface area contributed by atoms with E-state index in [0.29, 0.717) is 6.54 Å². The molecule has 0 bridgehead atoms. The van der Waals surface area contributed by atoms with Gasteiger partial charge in [-0.2, -0.15) is 0 Å². The van der Waals surface area contributed by atoms with Crippen molar-refractivity contribution < 1.29 is 4.79 Å². The van der Waals surface area contributed by atoms with Gasteiger partial charge >= 0.3 is 6.03 Å². The molecule has 1 aromatic heterocycles. The van der Waals surface area contributed by atoms with Crippen LogP contribution in [-0.2, 0) is 6.54 Å². The predicted octanol–water partition coefficient (Wildman–Crippen LogP) is 4.13. The number of carbonyl (C=O) groups excluding carboxylic acids is 1. The van der Waals surface area contributed by atoms with Crippen LogP contribution in [0.5, 0.6) is 0 Å². The van der Waals surface area contributed by atoms with E-state index in [-0.39, 0.29) is 11.9 Å². The molecule has 2 amide bonds. The number of hydrogen-bond donors (Lipinski definition) is 1. The Balaban J connectivity index is 1.26. The molecule has 2 heterocycles. The van der Waals surface area contributed by atoms with Crippen LogP contribution in [0.15, 0.2) is 85.2 Å².